The van der Waals surface area contributed by atoms with E-state index >= 15 is 0 Å². The Kier molecular flexibility index (Phi) is 8.22. The van der Waals surface area contributed by atoms with Crippen molar-refractivity contribution >= 4 is 34.4 Å². The molecule has 3 rings (SSSR count). The molecular formula is C25H27ClN4O2. The fourth-order valence-corrected chi connectivity index (χ4v) is 3.73. The molecule has 0 aliphatic carbocycles. The van der Waals surface area contributed by atoms with E-state index in [1.165, 1.54) is 0 Å². The number of benzene rings is 2. The van der Waals surface area contributed by atoms with Gasteiger partial charge in [0.05, 0.1) is 21.6 Å². The van der Waals surface area contributed by atoms with Crippen molar-refractivity contribution in [2.45, 2.75) is 19.4 Å². The second-order valence-corrected chi connectivity index (χ2v) is 7.73. The molecule has 32 heavy (non-hydrogen) atoms. The van der Waals surface area contributed by atoms with Crippen molar-refractivity contribution in [2.75, 3.05) is 19.6 Å². The lowest BCUT2D eigenvalue weighted by Crippen LogP contribution is -2.34. The lowest BCUT2D eigenvalue weighted by Gasteiger charge is -2.20. The Labute approximate surface area is 193 Å². The maximum atomic E-state index is 12.9. The Hall–Kier alpha value is -3.38. The van der Waals surface area contributed by atoms with Gasteiger partial charge in [0.15, 0.2) is 0 Å². The topological polar surface area (TPSA) is 67.2 Å². The predicted octanol–water partition coefficient (Wildman–Crippen LogP) is 4.25. The minimum absolute atomic E-state index is 0.0266. The highest BCUT2D eigenvalue weighted by Gasteiger charge is 2.17. The predicted molar refractivity (Wildman–Crippen MR) is 129 cm³/mol. The number of hydrogen-bond acceptors (Lipinski definition) is 3. The molecule has 0 aliphatic rings. The highest BCUT2D eigenvalue weighted by atomic mass is 35.5. The van der Waals surface area contributed by atoms with E-state index in [9.17, 15) is 9.59 Å². The van der Waals surface area contributed by atoms with Crippen molar-refractivity contribution < 1.29 is 9.59 Å². The first-order valence-corrected chi connectivity index (χ1v) is 10.9. The number of halogens is 1. The third kappa shape index (κ3) is 5.65. The van der Waals surface area contributed by atoms with Crippen LogP contribution in [0.4, 0.5) is 0 Å². The summed E-state index contributed by atoms with van der Waals surface area (Å²) in [6.07, 6.45) is 4.70. The molecule has 2 aromatic carbocycles. The third-order valence-electron chi connectivity index (χ3n) is 5.06. The normalized spacial score (nSPS) is 10.7. The summed E-state index contributed by atoms with van der Waals surface area (Å²) in [5, 5.41) is 3.32. The standard InChI is InChI=1S/C25H27ClN4O2/c1-3-16-29(17-4-2)24(31)18-30-22-13-8-7-12-21(22)28-23(30)14-9-15-27-25(32)19-10-5-6-11-20(19)26/h3-8,10-13H,1-2,9,14-18H2,(H,27,32). The fraction of sp³-hybridized carbons (Fsp3) is 0.240. The molecule has 1 N–H and O–H groups in total. The second-order valence-electron chi connectivity index (χ2n) is 7.32. The van der Waals surface area contributed by atoms with Gasteiger partial charge in [0.1, 0.15) is 12.4 Å². The van der Waals surface area contributed by atoms with E-state index in [1.54, 1.807) is 41.3 Å². The monoisotopic (exact) mass is 450 g/mol. The summed E-state index contributed by atoms with van der Waals surface area (Å²) in [6.45, 7) is 9.04. The Bertz CT molecular complexity index is 1110. The van der Waals surface area contributed by atoms with E-state index < -0.39 is 0 Å². The summed E-state index contributed by atoms with van der Waals surface area (Å²) in [5.41, 5.74) is 2.21. The third-order valence-corrected chi connectivity index (χ3v) is 5.39. The maximum absolute atomic E-state index is 12.9. The SMILES string of the molecule is C=CCN(CC=C)C(=O)Cn1c(CCCNC(=O)c2ccccc2Cl)nc2ccccc21. The molecule has 0 saturated heterocycles. The number of hydrogen-bond donors (Lipinski definition) is 1. The number of carbonyl (C=O) groups excluding carboxylic acids is 2. The van der Waals surface area contributed by atoms with Crippen molar-refractivity contribution in [1.29, 1.82) is 0 Å². The van der Waals surface area contributed by atoms with Crippen LogP contribution in [-0.4, -0.2) is 45.9 Å². The summed E-state index contributed by atoms with van der Waals surface area (Å²) in [5.74, 6) is 0.577. The molecule has 1 heterocycles. The Balaban J connectivity index is 1.69. The van der Waals surface area contributed by atoms with E-state index in [0.29, 0.717) is 43.1 Å². The van der Waals surface area contributed by atoms with Crippen LogP contribution in [0.1, 0.15) is 22.6 Å². The van der Waals surface area contributed by atoms with Crippen molar-refractivity contribution in [3.8, 4) is 0 Å². The number of amides is 2. The van der Waals surface area contributed by atoms with Crippen LogP contribution in [-0.2, 0) is 17.8 Å². The molecule has 0 saturated carbocycles. The highest BCUT2D eigenvalue weighted by molar-refractivity contribution is 6.33. The molecule has 0 fully saturated rings. The number of nitrogens with one attached hydrogen (secondary N) is 1. The molecule has 6 nitrogen and oxygen atoms in total. The van der Waals surface area contributed by atoms with Gasteiger partial charge in [0.2, 0.25) is 5.91 Å². The Morgan fingerprint density at radius 3 is 2.47 bits per heavy atom. The number of carbonyl (C=O) groups is 2. The summed E-state index contributed by atoms with van der Waals surface area (Å²) in [6, 6.07) is 14.7. The van der Waals surface area contributed by atoms with Gasteiger partial charge in [-0.25, -0.2) is 4.98 Å². The van der Waals surface area contributed by atoms with Crippen LogP contribution >= 0.6 is 11.6 Å². The second kappa shape index (κ2) is 11.3. The fourth-order valence-electron chi connectivity index (χ4n) is 3.51. The van der Waals surface area contributed by atoms with Gasteiger partial charge in [-0.15, -0.1) is 13.2 Å². The average molecular weight is 451 g/mol. The number of imidazole rings is 1. The molecule has 0 unspecified atom stereocenters. The number of aromatic nitrogens is 2. The number of aryl methyl sites for hydroxylation is 1. The zero-order valence-electron chi connectivity index (χ0n) is 18.0. The van der Waals surface area contributed by atoms with Gasteiger partial charge >= 0.3 is 0 Å². The first kappa shape index (κ1) is 23.3. The van der Waals surface area contributed by atoms with Crippen LogP contribution in [0.5, 0.6) is 0 Å². The minimum atomic E-state index is -0.205. The van der Waals surface area contributed by atoms with E-state index in [1.807, 2.05) is 28.8 Å². The zero-order chi connectivity index (χ0) is 22.9. The van der Waals surface area contributed by atoms with E-state index in [-0.39, 0.29) is 18.4 Å². The molecule has 0 spiro atoms. The van der Waals surface area contributed by atoms with Crippen LogP contribution in [0.15, 0.2) is 73.8 Å². The average Bonchev–Trinajstić information content (AvgIpc) is 3.14. The lowest BCUT2D eigenvalue weighted by molar-refractivity contribution is -0.130. The van der Waals surface area contributed by atoms with Crippen molar-refractivity contribution in [2.24, 2.45) is 0 Å². The van der Waals surface area contributed by atoms with Gasteiger partial charge in [-0.3, -0.25) is 9.59 Å². The smallest absolute Gasteiger partial charge is 0.252 e. The van der Waals surface area contributed by atoms with Crippen molar-refractivity contribution in [1.82, 2.24) is 19.8 Å². The molecule has 0 radical (unpaired) electrons. The van der Waals surface area contributed by atoms with Gasteiger partial charge in [0.25, 0.3) is 5.91 Å². The number of para-hydroxylation sites is 2. The molecule has 7 heteroatoms. The van der Waals surface area contributed by atoms with Crippen LogP contribution in [0.25, 0.3) is 11.0 Å². The Morgan fingerprint density at radius 2 is 1.75 bits per heavy atom. The molecule has 0 aliphatic heterocycles. The molecular weight excluding hydrogens is 424 g/mol. The summed E-state index contributed by atoms with van der Waals surface area (Å²) in [4.78, 5) is 31.7. The van der Waals surface area contributed by atoms with Gasteiger partial charge in [-0.05, 0) is 30.7 Å². The molecule has 3 aromatic rings. The molecule has 1 aromatic heterocycles. The minimum Gasteiger partial charge on any atom is -0.352 e. The van der Waals surface area contributed by atoms with E-state index in [2.05, 4.69) is 18.5 Å². The zero-order valence-corrected chi connectivity index (χ0v) is 18.7. The Morgan fingerprint density at radius 1 is 1.06 bits per heavy atom. The van der Waals surface area contributed by atoms with Crippen LogP contribution in [0.3, 0.4) is 0 Å². The number of fused-ring (bicyclic) bond motifs is 1. The van der Waals surface area contributed by atoms with Gasteiger partial charge in [-0.1, -0.05) is 48.0 Å². The molecule has 0 bridgehead atoms. The van der Waals surface area contributed by atoms with Crippen LogP contribution in [0, 0.1) is 0 Å². The highest BCUT2D eigenvalue weighted by Crippen LogP contribution is 2.18. The van der Waals surface area contributed by atoms with E-state index in [4.69, 9.17) is 16.6 Å². The quantitative estimate of drug-likeness (QED) is 0.350. The van der Waals surface area contributed by atoms with Gasteiger partial charge in [0, 0.05) is 26.1 Å². The first-order valence-electron chi connectivity index (χ1n) is 10.5. The summed E-state index contributed by atoms with van der Waals surface area (Å²) in [7, 11) is 0. The van der Waals surface area contributed by atoms with Crippen LogP contribution in [0.2, 0.25) is 5.02 Å². The molecule has 2 amide bonds. The van der Waals surface area contributed by atoms with E-state index in [0.717, 1.165) is 16.9 Å². The first-order chi connectivity index (χ1) is 15.5. The summed E-state index contributed by atoms with van der Waals surface area (Å²) < 4.78 is 1.95. The molecule has 166 valence electrons. The van der Waals surface area contributed by atoms with Crippen molar-refractivity contribution in [3.05, 3.63) is 90.3 Å². The largest absolute Gasteiger partial charge is 0.352 e. The number of nitrogens with zero attached hydrogens (tertiary/aromatic N) is 3. The summed E-state index contributed by atoms with van der Waals surface area (Å²) >= 11 is 6.09. The van der Waals surface area contributed by atoms with Crippen LogP contribution < -0.4 is 5.32 Å². The lowest BCUT2D eigenvalue weighted by atomic mass is 10.2. The van der Waals surface area contributed by atoms with Gasteiger partial charge < -0.3 is 14.8 Å². The van der Waals surface area contributed by atoms with Crippen molar-refractivity contribution in [3.63, 3.8) is 0 Å². The maximum Gasteiger partial charge on any atom is 0.252 e. The van der Waals surface area contributed by atoms with Gasteiger partial charge in [-0.2, -0.15) is 0 Å². The number of rotatable bonds is 11. The molecule has 0 atom stereocenters.